The van der Waals surface area contributed by atoms with Crippen LogP contribution in [0, 0.1) is 0 Å². The minimum absolute atomic E-state index is 0.0958. The van der Waals surface area contributed by atoms with Crippen LogP contribution in [0.4, 0.5) is 0 Å². The lowest BCUT2D eigenvalue weighted by Crippen LogP contribution is -2.00. The van der Waals surface area contributed by atoms with Crippen LogP contribution >= 0.6 is 7.14 Å². The molecule has 2 nitrogen and oxygen atoms in total. The number of hydrogen-bond donors (Lipinski definition) is 0. The zero-order valence-corrected chi connectivity index (χ0v) is 13.9. The predicted octanol–water partition coefficient (Wildman–Crippen LogP) is 5.31. The van der Waals surface area contributed by atoms with Crippen LogP contribution in [0.25, 0.3) is 5.31 Å². The van der Waals surface area contributed by atoms with Gasteiger partial charge in [-0.2, -0.15) is 0 Å². The lowest BCUT2D eigenvalue weighted by Gasteiger charge is -2.19. The number of hydrogen-bond acceptors (Lipinski definition) is 2. The molecule has 0 unspecified atom stereocenters. The first kappa shape index (κ1) is 16.5. The molecule has 0 aliphatic rings. The predicted molar refractivity (Wildman–Crippen MR) is 93.9 cm³/mol. The molecule has 0 N–H and O–H groups in total. The van der Waals surface area contributed by atoms with Crippen LogP contribution in [0.15, 0.2) is 66.7 Å². The van der Waals surface area contributed by atoms with Gasteiger partial charge in [0, 0.05) is 23.2 Å². The van der Waals surface area contributed by atoms with Crippen LogP contribution in [0.2, 0.25) is 0 Å². The first-order valence-corrected chi connectivity index (χ1v) is 9.63. The van der Waals surface area contributed by atoms with Crippen molar-refractivity contribution in [2.24, 2.45) is 0 Å². The molecule has 2 aromatic rings. The zero-order valence-electron chi connectivity index (χ0n) is 13.0. The molecule has 0 spiro atoms. The van der Waals surface area contributed by atoms with Crippen molar-refractivity contribution in [2.75, 3.05) is 12.3 Å². The van der Waals surface area contributed by atoms with Crippen molar-refractivity contribution < 1.29 is 9.36 Å². The van der Waals surface area contributed by atoms with Crippen LogP contribution < -0.4 is 0 Å². The summed E-state index contributed by atoms with van der Waals surface area (Å²) in [5.74, 6) is -0.0958. The van der Waals surface area contributed by atoms with Crippen molar-refractivity contribution in [3.05, 3.63) is 77.9 Å². The molecular weight excluding hydrogens is 291 g/mol. The van der Waals surface area contributed by atoms with Gasteiger partial charge in [0.2, 0.25) is 0 Å². The quantitative estimate of drug-likeness (QED) is 0.411. The summed E-state index contributed by atoms with van der Waals surface area (Å²) >= 11 is 0. The summed E-state index contributed by atoms with van der Waals surface area (Å²) in [6.45, 7) is 3.85. The zero-order chi connectivity index (χ0) is 16.0. The number of benzene rings is 2. The van der Waals surface area contributed by atoms with Crippen LogP contribution in [-0.2, 0) is 4.57 Å². The van der Waals surface area contributed by atoms with Crippen LogP contribution in [0.3, 0.4) is 0 Å². The third kappa shape index (κ3) is 3.64. The van der Waals surface area contributed by atoms with E-state index in [9.17, 15) is 9.36 Å². The maximum atomic E-state index is 13.2. The van der Waals surface area contributed by atoms with Gasteiger partial charge in [0.25, 0.3) is 0 Å². The lowest BCUT2D eigenvalue weighted by atomic mass is 10.1. The van der Waals surface area contributed by atoms with Crippen LogP contribution in [-0.4, -0.2) is 18.1 Å². The van der Waals surface area contributed by atoms with E-state index in [1.807, 2.05) is 62.4 Å². The third-order valence-corrected chi connectivity index (χ3v) is 7.17. The maximum Gasteiger partial charge on any atom is 0.186 e. The summed E-state index contributed by atoms with van der Waals surface area (Å²) in [6, 6.07) is 18.7. The fourth-order valence-corrected chi connectivity index (χ4v) is 4.52. The first-order chi connectivity index (χ1) is 10.6. The SMILES string of the molecule is CCP(=O)(CC)/C(=C/C(=O)c1ccccc1)c1ccccc1. The van der Waals surface area contributed by atoms with E-state index in [2.05, 4.69) is 0 Å². The molecule has 0 aliphatic heterocycles. The maximum absolute atomic E-state index is 13.2. The molecule has 0 heterocycles. The first-order valence-electron chi connectivity index (χ1n) is 7.56. The average molecular weight is 312 g/mol. The van der Waals surface area contributed by atoms with E-state index in [0.717, 1.165) is 5.56 Å². The Morgan fingerprint density at radius 3 is 1.77 bits per heavy atom. The number of carbonyl (C=O) groups is 1. The summed E-state index contributed by atoms with van der Waals surface area (Å²) in [4.78, 5) is 12.5. The highest BCUT2D eigenvalue weighted by molar-refractivity contribution is 7.74. The minimum Gasteiger partial charge on any atom is -0.319 e. The van der Waals surface area contributed by atoms with E-state index in [4.69, 9.17) is 0 Å². The number of carbonyl (C=O) groups excluding carboxylic acids is 1. The molecule has 0 amide bonds. The summed E-state index contributed by atoms with van der Waals surface area (Å²) in [6.07, 6.45) is 2.69. The summed E-state index contributed by atoms with van der Waals surface area (Å²) in [5.41, 5.74) is 1.49. The van der Waals surface area contributed by atoms with Crippen molar-refractivity contribution in [3.8, 4) is 0 Å². The van der Waals surface area contributed by atoms with Gasteiger partial charge in [0.1, 0.15) is 7.14 Å². The topological polar surface area (TPSA) is 34.1 Å². The van der Waals surface area contributed by atoms with E-state index >= 15 is 0 Å². The Balaban J connectivity index is 2.52. The highest BCUT2D eigenvalue weighted by Gasteiger charge is 2.25. The van der Waals surface area contributed by atoms with Gasteiger partial charge in [-0.25, -0.2) is 0 Å². The Bertz CT molecular complexity index is 695. The highest BCUT2D eigenvalue weighted by atomic mass is 31.2. The van der Waals surface area contributed by atoms with Crippen LogP contribution in [0.1, 0.15) is 29.8 Å². The van der Waals surface area contributed by atoms with Crippen molar-refractivity contribution in [1.82, 2.24) is 0 Å². The summed E-state index contributed by atoms with van der Waals surface area (Å²) in [5, 5.41) is 0.687. The number of rotatable bonds is 6. The molecule has 0 saturated heterocycles. The molecule has 0 atom stereocenters. The Hall–Kier alpha value is -1.92. The van der Waals surface area contributed by atoms with Gasteiger partial charge in [0.15, 0.2) is 5.78 Å². The second-order valence-corrected chi connectivity index (χ2v) is 8.67. The summed E-state index contributed by atoms with van der Waals surface area (Å²) < 4.78 is 13.2. The fourth-order valence-electron chi connectivity index (χ4n) is 2.42. The average Bonchev–Trinajstić information content (AvgIpc) is 2.60. The molecule has 3 heteroatoms. The second-order valence-electron chi connectivity index (χ2n) is 5.15. The Labute approximate surface area is 132 Å². The number of allylic oxidation sites excluding steroid dienone is 1. The van der Waals surface area contributed by atoms with Crippen molar-refractivity contribution in [3.63, 3.8) is 0 Å². The monoisotopic (exact) mass is 312 g/mol. The van der Waals surface area contributed by atoms with Gasteiger partial charge in [-0.3, -0.25) is 4.79 Å². The van der Waals surface area contributed by atoms with Gasteiger partial charge >= 0.3 is 0 Å². The molecular formula is C19H21O2P. The number of ketones is 1. The molecule has 22 heavy (non-hydrogen) atoms. The minimum atomic E-state index is -2.55. The van der Waals surface area contributed by atoms with Gasteiger partial charge in [-0.05, 0) is 11.6 Å². The highest BCUT2D eigenvalue weighted by Crippen LogP contribution is 2.57. The largest absolute Gasteiger partial charge is 0.319 e. The summed E-state index contributed by atoms with van der Waals surface area (Å²) in [7, 11) is -2.55. The van der Waals surface area contributed by atoms with Crippen molar-refractivity contribution >= 4 is 18.2 Å². The standard InChI is InChI=1S/C19H21O2P/c1-3-22(21,4-2)19(17-13-9-6-10-14-17)15-18(20)16-11-7-5-8-12-16/h5-15H,3-4H2,1-2H3/b19-15+. The Kier molecular flexibility index (Phi) is 5.51. The van der Waals surface area contributed by atoms with Crippen molar-refractivity contribution in [2.45, 2.75) is 13.8 Å². The molecule has 114 valence electrons. The second kappa shape index (κ2) is 7.38. The Morgan fingerprint density at radius 1 is 0.864 bits per heavy atom. The fraction of sp³-hybridized carbons (Fsp3) is 0.211. The normalized spacial score (nSPS) is 12.2. The smallest absolute Gasteiger partial charge is 0.186 e. The Morgan fingerprint density at radius 2 is 1.32 bits per heavy atom. The molecule has 0 aliphatic carbocycles. The van der Waals surface area contributed by atoms with E-state index in [1.54, 1.807) is 18.2 Å². The van der Waals surface area contributed by atoms with E-state index in [-0.39, 0.29) is 5.78 Å². The third-order valence-electron chi connectivity index (χ3n) is 3.86. The molecule has 0 saturated carbocycles. The molecule has 0 bridgehead atoms. The van der Waals surface area contributed by atoms with Gasteiger partial charge in [-0.1, -0.05) is 74.5 Å². The molecule has 0 radical (unpaired) electrons. The van der Waals surface area contributed by atoms with E-state index < -0.39 is 7.14 Å². The van der Waals surface area contributed by atoms with Crippen molar-refractivity contribution in [1.29, 1.82) is 0 Å². The molecule has 0 aromatic heterocycles. The van der Waals surface area contributed by atoms with Crippen LogP contribution in [0.5, 0.6) is 0 Å². The molecule has 2 aromatic carbocycles. The molecule has 2 rings (SSSR count). The van der Waals surface area contributed by atoms with Gasteiger partial charge < -0.3 is 4.57 Å². The molecule has 0 fully saturated rings. The van der Waals surface area contributed by atoms with E-state index in [0.29, 0.717) is 23.2 Å². The van der Waals surface area contributed by atoms with Gasteiger partial charge in [-0.15, -0.1) is 0 Å². The van der Waals surface area contributed by atoms with E-state index in [1.165, 1.54) is 0 Å². The lowest BCUT2D eigenvalue weighted by molar-refractivity contribution is 0.104. The van der Waals surface area contributed by atoms with Gasteiger partial charge in [0.05, 0.1) is 0 Å².